The zero-order valence-corrected chi connectivity index (χ0v) is 12.5. The van der Waals surface area contributed by atoms with Crippen LogP contribution in [0.3, 0.4) is 0 Å². The Morgan fingerprint density at radius 2 is 1.83 bits per heavy atom. The van der Waals surface area contributed by atoms with Crippen LogP contribution in [0.1, 0.15) is 11.5 Å². The number of carbonyl (C=O) groups excluding carboxylic acids is 1. The number of benzene rings is 1. The van der Waals surface area contributed by atoms with E-state index in [0.717, 1.165) is 11.1 Å². The molecule has 0 radical (unpaired) electrons. The summed E-state index contributed by atoms with van der Waals surface area (Å²) in [5, 5.41) is 10.8. The Balaban J connectivity index is 1.48. The van der Waals surface area contributed by atoms with Gasteiger partial charge >= 0.3 is 0 Å². The predicted octanol–water partition coefficient (Wildman–Crippen LogP) is 2.03. The summed E-state index contributed by atoms with van der Waals surface area (Å²) in [7, 11) is 0. The van der Waals surface area contributed by atoms with Gasteiger partial charge in [0.25, 0.3) is 0 Å². The van der Waals surface area contributed by atoms with Gasteiger partial charge in [0, 0.05) is 30.9 Å². The summed E-state index contributed by atoms with van der Waals surface area (Å²) in [5.74, 6) is 0.930. The van der Waals surface area contributed by atoms with E-state index in [0.29, 0.717) is 31.2 Å². The Morgan fingerprint density at radius 1 is 1.04 bits per heavy atom. The Hall–Kier alpha value is -3.02. The number of rotatable bonds is 6. The molecule has 6 heteroatoms. The highest BCUT2D eigenvalue weighted by atomic mass is 16.4. The normalized spacial score (nSPS) is 10.4. The van der Waals surface area contributed by atoms with Crippen molar-refractivity contribution in [1.82, 2.24) is 20.5 Å². The first-order valence-electron chi connectivity index (χ1n) is 7.34. The van der Waals surface area contributed by atoms with Crippen molar-refractivity contribution in [3.63, 3.8) is 0 Å². The summed E-state index contributed by atoms with van der Waals surface area (Å²) < 4.78 is 5.57. The first-order valence-corrected chi connectivity index (χ1v) is 7.34. The zero-order valence-electron chi connectivity index (χ0n) is 12.5. The Bertz CT molecular complexity index is 757. The van der Waals surface area contributed by atoms with Crippen LogP contribution in [0.2, 0.25) is 0 Å². The van der Waals surface area contributed by atoms with E-state index in [-0.39, 0.29) is 5.91 Å². The van der Waals surface area contributed by atoms with Crippen molar-refractivity contribution in [3.8, 4) is 11.5 Å². The molecule has 3 rings (SSSR count). The minimum atomic E-state index is -0.0231. The van der Waals surface area contributed by atoms with Crippen LogP contribution in [0.5, 0.6) is 0 Å². The Kier molecular flexibility index (Phi) is 4.73. The predicted molar refractivity (Wildman–Crippen MR) is 84.4 cm³/mol. The van der Waals surface area contributed by atoms with E-state index in [1.807, 2.05) is 30.3 Å². The van der Waals surface area contributed by atoms with Crippen molar-refractivity contribution < 1.29 is 9.21 Å². The molecule has 0 saturated heterocycles. The smallest absolute Gasteiger partial charge is 0.247 e. The van der Waals surface area contributed by atoms with E-state index in [2.05, 4.69) is 20.5 Å². The molecule has 0 bridgehead atoms. The average molecular weight is 308 g/mol. The van der Waals surface area contributed by atoms with Crippen LogP contribution in [-0.2, 0) is 17.6 Å². The van der Waals surface area contributed by atoms with Gasteiger partial charge in [0.2, 0.25) is 17.7 Å². The molecule has 2 aromatic heterocycles. The molecule has 0 atom stereocenters. The number of amides is 1. The van der Waals surface area contributed by atoms with Crippen LogP contribution in [-0.4, -0.2) is 27.6 Å². The van der Waals surface area contributed by atoms with Crippen molar-refractivity contribution in [2.45, 2.75) is 12.8 Å². The fraction of sp³-hybridized carbons (Fsp3) is 0.176. The van der Waals surface area contributed by atoms with Crippen molar-refractivity contribution in [1.29, 1.82) is 0 Å². The molecule has 0 aliphatic carbocycles. The third-order valence-electron chi connectivity index (χ3n) is 3.26. The fourth-order valence-corrected chi connectivity index (χ4v) is 2.12. The number of hydrogen-bond acceptors (Lipinski definition) is 5. The van der Waals surface area contributed by atoms with Gasteiger partial charge in [-0.2, -0.15) is 0 Å². The molecule has 0 saturated carbocycles. The summed E-state index contributed by atoms with van der Waals surface area (Å²) in [4.78, 5) is 15.8. The molecule has 6 nitrogen and oxygen atoms in total. The number of nitrogens with zero attached hydrogens (tertiary/aromatic N) is 3. The second-order valence-electron chi connectivity index (χ2n) is 5.00. The van der Waals surface area contributed by atoms with Crippen LogP contribution in [0.25, 0.3) is 11.5 Å². The summed E-state index contributed by atoms with van der Waals surface area (Å²) in [5.41, 5.74) is 1.81. The first kappa shape index (κ1) is 14.9. The van der Waals surface area contributed by atoms with Gasteiger partial charge in [-0.05, 0) is 17.7 Å². The van der Waals surface area contributed by atoms with Crippen LogP contribution in [0.4, 0.5) is 0 Å². The SMILES string of the molecule is O=C(Cc1ccccc1)NCCc1nnc(-c2ccncc2)o1. The minimum Gasteiger partial charge on any atom is -0.421 e. The van der Waals surface area contributed by atoms with Gasteiger partial charge < -0.3 is 9.73 Å². The van der Waals surface area contributed by atoms with E-state index in [1.54, 1.807) is 24.5 Å². The average Bonchev–Trinajstić information content (AvgIpc) is 3.05. The first-order chi connectivity index (χ1) is 11.3. The number of hydrogen-bond donors (Lipinski definition) is 1. The highest BCUT2D eigenvalue weighted by Gasteiger charge is 2.09. The minimum absolute atomic E-state index is 0.0231. The number of pyridine rings is 1. The van der Waals surface area contributed by atoms with Gasteiger partial charge in [0.15, 0.2) is 0 Å². The van der Waals surface area contributed by atoms with E-state index >= 15 is 0 Å². The standard InChI is InChI=1S/C17H16N4O2/c22-15(12-13-4-2-1-3-5-13)19-11-8-16-20-21-17(23-16)14-6-9-18-10-7-14/h1-7,9-10H,8,11-12H2,(H,19,22). The second kappa shape index (κ2) is 7.31. The third kappa shape index (κ3) is 4.23. The van der Waals surface area contributed by atoms with Gasteiger partial charge in [-0.25, -0.2) is 0 Å². The summed E-state index contributed by atoms with van der Waals surface area (Å²) in [6.07, 6.45) is 4.21. The van der Waals surface area contributed by atoms with Crippen LogP contribution >= 0.6 is 0 Å². The molecular formula is C17H16N4O2. The van der Waals surface area contributed by atoms with E-state index in [9.17, 15) is 4.79 Å². The molecule has 116 valence electrons. The van der Waals surface area contributed by atoms with E-state index < -0.39 is 0 Å². The molecule has 0 aliphatic heterocycles. The van der Waals surface area contributed by atoms with Gasteiger partial charge in [0.05, 0.1) is 6.42 Å². The quantitative estimate of drug-likeness (QED) is 0.753. The van der Waals surface area contributed by atoms with Gasteiger partial charge in [0.1, 0.15) is 0 Å². The van der Waals surface area contributed by atoms with Crippen LogP contribution in [0.15, 0.2) is 59.3 Å². The van der Waals surface area contributed by atoms with E-state index in [1.165, 1.54) is 0 Å². The molecule has 0 unspecified atom stereocenters. The Labute approximate surface area is 133 Å². The lowest BCUT2D eigenvalue weighted by atomic mass is 10.1. The molecule has 0 spiro atoms. The number of nitrogens with one attached hydrogen (secondary N) is 1. The van der Waals surface area contributed by atoms with Gasteiger partial charge in [-0.3, -0.25) is 9.78 Å². The summed E-state index contributed by atoms with van der Waals surface area (Å²) >= 11 is 0. The summed E-state index contributed by atoms with van der Waals surface area (Å²) in [6.45, 7) is 0.462. The van der Waals surface area contributed by atoms with Gasteiger partial charge in [-0.1, -0.05) is 30.3 Å². The van der Waals surface area contributed by atoms with Crippen molar-refractivity contribution in [3.05, 3.63) is 66.3 Å². The molecular weight excluding hydrogens is 292 g/mol. The van der Waals surface area contributed by atoms with Gasteiger partial charge in [-0.15, -0.1) is 10.2 Å². The molecule has 23 heavy (non-hydrogen) atoms. The summed E-state index contributed by atoms with van der Waals surface area (Å²) in [6, 6.07) is 13.2. The van der Waals surface area contributed by atoms with Crippen LogP contribution < -0.4 is 5.32 Å². The third-order valence-corrected chi connectivity index (χ3v) is 3.26. The largest absolute Gasteiger partial charge is 0.421 e. The topological polar surface area (TPSA) is 80.9 Å². The molecule has 0 aliphatic rings. The lowest BCUT2D eigenvalue weighted by molar-refractivity contribution is -0.120. The molecule has 1 amide bonds. The van der Waals surface area contributed by atoms with Crippen molar-refractivity contribution >= 4 is 5.91 Å². The Morgan fingerprint density at radius 3 is 2.61 bits per heavy atom. The monoisotopic (exact) mass is 308 g/mol. The van der Waals surface area contributed by atoms with Crippen molar-refractivity contribution in [2.24, 2.45) is 0 Å². The van der Waals surface area contributed by atoms with Crippen LogP contribution in [0, 0.1) is 0 Å². The molecule has 0 fully saturated rings. The number of carbonyl (C=O) groups is 1. The lowest BCUT2D eigenvalue weighted by Crippen LogP contribution is -2.27. The number of aromatic nitrogens is 3. The molecule has 1 aromatic carbocycles. The van der Waals surface area contributed by atoms with Crippen molar-refractivity contribution in [2.75, 3.05) is 6.54 Å². The highest BCUT2D eigenvalue weighted by Crippen LogP contribution is 2.16. The highest BCUT2D eigenvalue weighted by molar-refractivity contribution is 5.78. The zero-order chi connectivity index (χ0) is 15.9. The molecule has 2 heterocycles. The fourth-order valence-electron chi connectivity index (χ4n) is 2.12. The molecule has 1 N–H and O–H groups in total. The maximum absolute atomic E-state index is 11.8. The molecule has 3 aromatic rings. The lowest BCUT2D eigenvalue weighted by Gasteiger charge is -2.03. The maximum atomic E-state index is 11.8. The maximum Gasteiger partial charge on any atom is 0.247 e. The second-order valence-corrected chi connectivity index (χ2v) is 5.00. The van der Waals surface area contributed by atoms with E-state index in [4.69, 9.17) is 4.42 Å².